The monoisotopic (exact) mass is 426 g/mol. The van der Waals surface area contributed by atoms with E-state index in [1.165, 1.54) is 0 Å². The average Bonchev–Trinajstić information content (AvgIpc) is 3.15. The van der Waals surface area contributed by atoms with E-state index in [2.05, 4.69) is 38.5 Å². The molecule has 1 fully saturated rings. The quantitative estimate of drug-likeness (QED) is 0.797. The second kappa shape index (κ2) is 8.83. The number of piperidine rings is 1. The van der Waals surface area contributed by atoms with E-state index >= 15 is 0 Å². The molecule has 136 valence electrons. The van der Waals surface area contributed by atoms with E-state index in [4.69, 9.17) is 0 Å². The van der Waals surface area contributed by atoms with Gasteiger partial charge in [-0.2, -0.15) is 5.10 Å². The minimum atomic E-state index is -0.573. The first kappa shape index (κ1) is 19.9. The van der Waals surface area contributed by atoms with Crippen molar-refractivity contribution in [3.8, 4) is 0 Å². The molecule has 1 aromatic heterocycles. The Kier molecular flexibility index (Phi) is 7.04. The molecule has 0 spiro atoms. The van der Waals surface area contributed by atoms with Crippen molar-refractivity contribution in [1.82, 2.24) is 20.0 Å². The number of nitrogens with zero attached hydrogens (tertiary/aromatic N) is 3. The van der Waals surface area contributed by atoms with Gasteiger partial charge in [0.1, 0.15) is 5.54 Å². The molecule has 1 aliphatic rings. The Balaban J connectivity index is 0.00000225. The molecule has 0 radical (unpaired) electrons. The third-order valence-electron chi connectivity index (χ3n) is 4.70. The van der Waals surface area contributed by atoms with Crippen molar-refractivity contribution in [3.05, 3.63) is 52.8 Å². The number of benzene rings is 1. The lowest BCUT2D eigenvalue weighted by Gasteiger charge is -2.40. The molecule has 1 N–H and O–H groups in total. The summed E-state index contributed by atoms with van der Waals surface area (Å²) in [5, 5.41) is 7.76. The highest BCUT2D eigenvalue weighted by Gasteiger charge is 2.44. The normalized spacial score (nSPS) is 16.1. The van der Waals surface area contributed by atoms with Gasteiger partial charge in [-0.05, 0) is 56.6 Å². The molecule has 0 atom stereocenters. The first-order valence-corrected chi connectivity index (χ1v) is 9.20. The molecule has 2 heterocycles. The second-order valence-corrected chi connectivity index (χ2v) is 7.10. The molecule has 1 saturated heterocycles. The Morgan fingerprint density at radius 1 is 1.36 bits per heavy atom. The summed E-state index contributed by atoms with van der Waals surface area (Å²) in [4.78, 5) is 15.4. The van der Waals surface area contributed by atoms with Crippen molar-refractivity contribution in [2.45, 2.75) is 31.8 Å². The van der Waals surface area contributed by atoms with Crippen molar-refractivity contribution in [2.24, 2.45) is 0 Å². The van der Waals surface area contributed by atoms with Gasteiger partial charge in [-0.15, -0.1) is 12.4 Å². The van der Waals surface area contributed by atoms with Crippen molar-refractivity contribution < 1.29 is 4.79 Å². The summed E-state index contributed by atoms with van der Waals surface area (Å²) in [5.41, 5.74) is 0.556. The molecule has 1 aliphatic heterocycles. The minimum Gasteiger partial charge on any atom is -0.337 e. The van der Waals surface area contributed by atoms with Crippen LogP contribution in [0.1, 0.15) is 25.3 Å². The fourth-order valence-corrected chi connectivity index (χ4v) is 3.83. The summed E-state index contributed by atoms with van der Waals surface area (Å²) in [6, 6.07) is 10.0. The van der Waals surface area contributed by atoms with Crippen LogP contribution in [-0.4, -0.2) is 40.2 Å². The fourth-order valence-electron chi connectivity index (χ4n) is 3.38. The van der Waals surface area contributed by atoms with Gasteiger partial charge in [0.15, 0.2) is 0 Å². The predicted octanol–water partition coefficient (Wildman–Crippen LogP) is 3.19. The lowest BCUT2D eigenvalue weighted by atomic mass is 9.86. The van der Waals surface area contributed by atoms with Gasteiger partial charge in [0, 0.05) is 30.0 Å². The summed E-state index contributed by atoms with van der Waals surface area (Å²) in [5.74, 6) is 0.162. The maximum Gasteiger partial charge on any atom is 0.250 e. The van der Waals surface area contributed by atoms with Crippen LogP contribution in [0, 0.1) is 0 Å². The van der Waals surface area contributed by atoms with Gasteiger partial charge in [0.05, 0.1) is 0 Å². The predicted molar refractivity (Wildman–Crippen MR) is 105 cm³/mol. The zero-order valence-corrected chi connectivity index (χ0v) is 16.7. The zero-order chi connectivity index (χ0) is 17.0. The lowest BCUT2D eigenvalue weighted by molar-refractivity contribution is -0.143. The molecule has 3 rings (SSSR count). The van der Waals surface area contributed by atoms with Gasteiger partial charge in [0.25, 0.3) is 5.91 Å². The second-order valence-electron chi connectivity index (χ2n) is 6.18. The zero-order valence-electron chi connectivity index (χ0n) is 14.3. The van der Waals surface area contributed by atoms with Gasteiger partial charge in [-0.25, -0.2) is 0 Å². The number of amides is 1. The van der Waals surface area contributed by atoms with Crippen LogP contribution in [0.15, 0.2) is 47.2 Å². The van der Waals surface area contributed by atoms with E-state index in [1.807, 2.05) is 40.9 Å². The molecule has 0 bridgehead atoms. The van der Waals surface area contributed by atoms with Crippen LogP contribution in [0.4, 0.5) is 0 Å². The largest absolute Gasteiger partial charge is 0.337 e. The summed E-state index contributed by atoms with van der Waals surface area (Å²) in [6.07, 6.45) is 5.20. The molecule has 25 heavy (non-hydrogen) atoms. The Labute approximate surface area is 163 Å². The molecular formula is C18H24BrClN4O. The lowest BCUT2D eigenvalue weighted by Crippen LogP contribution is -2.55. The van der Waals surface area contributed by atoms with E-state index in [0.717, 1.165) is 36.0 Å². The summed E-state index contributed by atoms with van der Waals surface area (Å²) in [6.45, 7) is 5.00. The number of halogens is 2. The van der Waals surface area contributed by atoms with Crippen LogP contribution in [-0.2, 0) is 16.9 Å². The molecule has 1 aromatic carbocycles. The van der Waals surface area contributed by atoms with E-state index in [-0.39, 0.29) is 18.3 Å². The van der Waals surface area contributed by atoms with Crippen molar-refractivity contribution in [2.75, 3.05) is 19.6 Å². The molecular weight excluding hydrogens is 404 g/mol. The molecule has 7 heteroatoms. The maximum atomic E-state index is 13.5. The number of hydrogen-bond acceptors (Lipinski definition) is 3. The van der Waals surface area contributed by atoms with E-state index in [0.29, 0.717) is 13.1 Å². The van der Waals surface area contributed by atoms with Crippen LogP contribution in [0.3, 0.4) is 0 Å². The van der Waals surface area contributed by atoms with Crippen molar-refractivity contribution in [3.63, 3.8) is 0 Å². The summed E-state index contributed by atoms with van der Waals surface area (Å²) in [7, 11) is 0. The van der Waals surface area contributed by atoms with Crippen LogP contribution in [0.5, 0.6) is 0 Å². The summed E-state index contributed by atoms with van der Waals surface area (Å²) < 4.78 is 2.90. The van der Waals surface area contributed by atoms with Gasteiger partial charge in [-0.3, -0.25) is 9.48 Å². The van der Waals surface area contributed by atoms with Gasteiger partial charge in [0.2, 0.25) is 0 Å². The molecule has 0 saturated carbocycles. The Hall–Kier alpha value is -1.37. The van der Waals surface area contributed by atoms with E-state index in [9.17, 15) is 4.79 Å². The third-order valence-corrected chi connectivity index (χ3v) is 5.20. The summed E-state index contributed by atoms with van der Waals surface area (Å²) >= 11 is 3.50. The maximum absolute atomic E-state index is 13.5. The van der Waals surface area contributed by atoms with Crippen molar-refractivity contribution >= 4 is 34.2 Å². The molecule has 0 unspecified atom stereocenters. The van der Waals surface area contributed by atoms with Crippen LogP contribution in [0.2, 0.25) is 0 Å². The molecule has 0 aliphatic carbocycles. The van der Waals surface area contributed by atoms with Crippen LogP contribution >= 0.6 is 28.3 Å². The van der Waals surface area contributed by atoms with Crippen LogP contribution in [0.25, 0.3) is 0 Å². The number of hydrogen-bond donors (Lipinski definition) is 1. The SMILES string of the molecule is CCN(Cc1cccc(Br)c1)C(=O)C1(n2cccn2)CCNCC1.Cl. The molecule has 5 nitrogen and oxygen atoms in total. The topological polar surface area (TPSA) is 50.2 Å². The average molecular weight is 428 g/mol. The molecule has 1 amide bonds. The Morgan fingerprint density at radius 2 is 2.12 bits per heavy atom. The number of rotatable bonds is 5. The number of carbonyl (C=O) groups excluding carboxylic acids is 1. The number of likely N-dealkylation sites (N-methyl/N-ethyl adjacent to an activating group) is 1. The fraction of sp³-hybridized carbons (Fsp3) is 0.444. The minimum absolute atomic E-state index is 0. The highest BCUT2D eigenvalue weighted by atomic mass is 79.9. The van der Waals surface area contributed by atoms with Crippen LogP contribution < -0.4 is 5.32 Å². The van der Waals surface area contributed by atoms with Gasteiger partial charge in [-0.1, -0.05) is 28.1 Å². The van der Waals surface area contributed by atoms with Gasteiger partial charge < -0.3 is 10.2 Å². The highest BCUT2D eigenvalue weighted by Crippen LogP contribution is 2.30. The van der Waals surface area contributed by atoms with E-state index < -0.39 is 5.54 Å². The number of aromatic nitrogens is 2. The Bertz CT molecular complexity index is 686. The number of carbonyl (C=O) groups is 1. The first-order chi connectivity index (χ1) is 11.7. The standard InChI is InChI=1S/C18H23BrN4O.ClH/c1-2-22(14-15-5-3-6-16(19)13-15)17(24)18(7-10-20-11-8-18)23-12-4-9-21-23;/h3-6,9,12-13,20H,2,7-8,10-11,14H2,1H3;1H. The first-order valence-electron chi connectivity index (χ1n) is 8.40. The number of nitrogens with one attached hydrogen (secondary N) is 1. The molecule has 2 aromatic rings. The van der Waals surface area contributed by atoms with Gasteiger partial charge >= 0.3 is 0 Å². The van der Waals surface area contributed by atoms with E-state index in [1.54, 1.807) is 6.20 Å². The van der Waals surface area contributed by atoms with Crippen molar-refractivity contribution in [1.29, 1.82) is 0 Å². The smallest absolute Gasteiger partial charge is 0.250 e. The Morgan fingerprint density at radius 3 is 2.72 bits per heavy atom. The third kappa shape index (κ3) is 4.25. The highest BCUT2D eigenvalue weighted by molar-refractivity contribution is 9.10.